The van der Waals surface area contributed by atoms with Crippen LogP contribution >= 0.6 is 0 Å². The van der Waals surface area contributed by atoms with E-state index >= 15 is 0 Å². The summed E-state index contributed by atoms with van der Waals surface area (Å²) in [7, 11) is 0. The lowest BCUT2D eigenvalue weighted by Gasteiger charge is -2.50. The van der Waals surface area contributed by atoms with Crippen LogP contribution in [0, 0.1) is 17.8 Å². The molecule has 0 heterocycles. The Kier molecular flexibility index (Phi) is 1.32. The van der Waals surface area contributed by atoms with Gasteiger partial charge in [0.15, 0.2) is 0 Å². The van der Waals surface area contributed by atoms with Gasteiger partial charge in [-0.15, -0.1) is 6.42 Å². The first-order valence-corrected chi connectivity index (χ1v) is 4.45. The summed E-state index contributed by atoms with van der Waals surface area (Å²) >= 11 is 0. The van der Waals surface area contributed by atoms with Crippen LogP contribution < -0.4 is 5.73 Å². The molecule has 0 atom stereocenters. The highest BCUT2D eigenvalue weighted by Gasteiger charge is 2.52. The van der Waals surface area contributed by atoms with Crippen molar-refractivity contribution in [3.05, 3.63) is 0 Å². The van der Waals surface area contributed by atoms with Gasteiger partial charge in [-0.2, -0.15) is 0 Å². The van der Waals surface area contributed by atoms with Crippen LogP contribution in [0.3, 0.4) is 0 Å². The van der Waals surface area contributed by atoms with E-state index in [1.807, 2.05) is 0 Å². The average Bonchev–Trinajstić information content (AvgIpc) is 2.35. The largest absolute Gasteiger partial charge is 0.315 e. The van der Waals surface area contributed by atoms with Gasteiger partial charge in [0.1, 0.15) is 0 Å². The van der Waals surface area contributed by atoms with Gasteiger partial charge in [-0.05, 0) is 31.1 Å². The highest BCUT2D eigenvalue weighted by Crippen LogP contribution is 2.56. The first-order valence-electron chi connectivity index (χ1n) is 4.45. The summed E-state index contributed by atoms with van der Waals surface area (Å²) in [5, 5.41) is 0. The van der Waals surface area contributed by atoms with Crippen molar-refractivity contribution in [1.29, 1.82) is 0 Å². The lowest BCUT2D eigenvalue weighted by atomic mass is 9.57. The third-order valence-electron chi connectivity index (χ3n) is 3.33. The van der Waals surface area contributed by atoms with E-state index in [0.29, 0.717) is 5.41 Å². The van der Waals surface area contributed by atoms with Crippen molar-refractivity contribution in [3.63, 3.8) is 0 Å². The molecule has 0 unspecified atom stereocenters. The Bertz CT molecular complexity index is 197. The number of nitrogens with two attached hydrogens (primary N) is 1. The van der Waals surface area contributed by atoms with Crippen molar-refractivity contribution in [1.82, 2.24) is 0 Å². The van der Waals surface area contributed by atoms with Crippen molar-refractivity contribution in [3.8, 4) is 12.3 Å². The molecule has 2 aliphatic rings. The Labute approximate surface area is 68.4 Å². The standard InChI is InChI=1S/C10H15N/c1-2-10(11)7-9(8-10)5-3-4-6-9/h1H,3-8,11H2. The first-order chi connectivity index (χ1) is 5.18. The predicted molar refractivity (Wildman–Crippen MR) is 45.9 cm³/mol. The minimum Gasteiger partial charge on any atom is -0.315 e. The van der Waals surface area contributed by atoms with E-state index in [2.05, 4.69) is 5.92 Å². The van der Waals surface area contributed by atoms with Crippen LogP contribution in [0.15, 0.2) is 0 Å². The Morgan fingerprint density at radius 1 is 1.18 bits per heavy atom. The molecule has 0 radical (unpaired) electrons. The lowest BCUT2D eigenvalue weighted by Crippen LogP contribution is -2.56. The summed E-state index contributed by atoms with van der Waals surface area (Å²) in [6, 6.07) is 0. The van der Waals surface area contributed by atoms with Gasteiger partial charge in [-0.1, -0.05) is 18.8 Å². The second kappa shape index (κ2) is 2.01. The summed E-state index contributed by atoms with van der Waals surface area (Å²) in [4.78, 5) is 0. The van der Waals surface area contributed by atoms with Gasteiger partial charge in [0.2, 0.25) is 0 Å². The third-order valence-corrected chi connectivity index (χ3v) is 3.33. The fourth-order valence-corrected chi connectivity index (χ4v) is 2.87. The topological polar surface area (TPSA) is 26.0 Å². The van der Waals surface area contributed by atoms with Crippen molar-refractivity contribution >= 4 is 0 Å². The molecule has 1 spiro atoms. The van der Waals surface area contributed by atoms with Crippen LogP contribution in [-0.2, 0) is 0 Å². The Balaban J connectivity index is 2.01. The molecule has 0 saturated heterocycles. The van der Waals surface area contributed by atoms with Gasteiger partial charge in [-0.3, -0.25) is 0 Å². The molecule has 2 fully saturated rings. The van der Waals surface area contributed by atoms with Crippen LogP contribution in [0.25, 0.3) is 0 Å². The molecule has 2 rings (SSSR count). The van der Waals surface area contributed by atoms with E-state index in [1.165, 1.54) is 25.7 Å². The summed E-state index contributed by atoms with van der Waals surface area (Å²) < 4.78 is 0. The third kappa shape index (κ3) is 0.973. The van der Waals surface area contributed by atoms with Gasteiger partial charge in [-0.25, -0.2) is 0 Å². The van der Waals surface area contributed by atoms with Crippen LogP contribution in [-0.4, -0.2) is 5.54 Å². The van der Waals surface area contributed by atoms with E-state index in [0.717, 1.165) is 12.8 Å². The summed E-state index contributed by atoms with van der Waals surface area (Å²) in [6.07, 6.45) is 13.0. The zero-order valence-electron chi connectivity index (χ0n) is 6.90. The predicted octanol–water partition coefficient (Wildman–Crippen LogP) is 1.67. The Morgan fingerprint density at radius 3 is 2.18 bits per heavy atom. The molecule has 1 heteroatoms. The van der Waals surface area contributed by atoms with Gasteiger partial charge in [0.25, 0.3) is 0 Å². The molecule has 2 aliphatic carbocycles. The van der Waals surface area contributed by atoms with E-state index in [-0.39, 0.29) is 5.54 Å². The number of hydrogen-bond donors (Lipinski definition) is 1. The highest BCUT2D eigenvalue weighted by molar-refractivity contribution is 5.22. The second-order valence-corrected chi connectivity index (χ2v) is 4.36. The van der Waals surface area contributed by atoms with Crippen molar-refractivity contribution in [2.75, 3.05) is 0 Å². The first kappa shape index (κ1) is 7.18. The summed E-state index contributed by atoms with van der Waals surface area (Å²) in [6.45, 7) is 0. The Morgan fingerprint density at radius 2 is 1.73 bits per heavy atom. The molecule has 0 amide bonds. The SMILES string of the molecule is C#CC1(N)CC2(CCCC2)C1. The maximum Gasteiger partial charge on any atom is 0.0784 e. The fourth-order valence-electron chi connectivity index (χ4n) is 2.87. The minimum absolute atomic E-state index is 0.232. The fraction of sp³-hybridized carbons (Fsp3) is 0.800. The quantitative estimate of drug-likeness (QED) is 0.521. The summed E-state index contributed by atoms with van der Waals surface area (Å²) in [5.74, 6) is 2.71. The van der Waals surface area contributed by atoms with E-state index in [1.54, 1.807) is 0 Å². The monoisotopic (exact) mass is 149 g/mol. The molecular formula is C10H15N. The van der Waals surface area contributed by atoms with Crippen LogP contribution in [0.1, 0.15) is 38.5 Å². The minimum atomic E-state index is -0.232. The van der Waals surface area contributed by atoms with Crippen LogP contribution in [0.2, 0.25) is 0 Å². The van der Waals surface area contributed by atoms with Crippen molar-refractivity contribution < 1.29 is 0 Å². The zero-order chi connectivity index (χ0) is 7.95. The molecule has 0 aromatic rings. The molecular weight excluding hydrogens is 134 g/mol. The van der Waals surface area contributed by atoms with Gasteiger partial charge in [0.05, 0.1) is 5.54 Å². The van der Waals surface area contributed by atoms with Crippen molar-refractivity contribution in [2.45, 2.75) is 44.1 Å². The van der Waals surface area contributed by atoms with E-state index in [4.69, 9.17) is 12.2 Å². The molecule has 0 aromatic heterocycles. The maximum atomic E-state index is 5.92. The molecule has 11 heavy (non-hydrogen) atoms. The Hall–Kier alpha value is -0.480. The normalized spacial score (nSPS) is 31.3. The molecule has 2 saturated carbocycles. The molecule has 2 N–H and O–H groups in total. The highest BCUT2D eigenvalue weighted by atomic mass is 14.8. The van der Waals surface area contributed by atoms with Gasteiger partial charge >= 0.3 is 0 Å². The molecule has 0 aliphatic heterocycles. The number of rotatable bonds is 0. The van der Waals surface area contributed by atoms with E-state index < -0.39 is 0 Å². The van der Waals surface area contributed by atoms with Gasteiger partial charge < -0.3 is 5.73 Å². The zero-order valence-corrected chi connectivity index (χ0v) is 6.90. The maximum absolute atomic E-state index is 5.92. The number of terminal acetylenes is 1. The van der Waals surface area contributed by atoms with Gasteiger partial charge in [0, 0.05) is 0 Å². The second-order valence-electron chi connectivity index (χ2n) is 4.36. The summed E-state index contributed by atoms with van der Waals surface area (Å²) in [5.41, 5.74) is 6.27. The lowest BCUT2D eigenvalue weighted by molar-refractivity contribution is 0.0720. The average molecular weight is 149 g/mol. The number of hydrogen-bond acceptors (Lipinski definition) is 1. The molecule has 1 nitrogen and oxygen atoms in total. The van der Waals surface area contributed by atoms with Crippen molar-refractivity contribution in [2.24, 2.45) is 11.1 Å². The van der Waals surface area contributed by atoms with Crippen LogP contribution in [0.5, 0.6) is 0 Å². The molecule has 0 aromatic carbocycles. The van der Waals surface area contributed by atoms with E-state index in [9.17, 15) is 0 Å². The van der Waals surface area contributed by atoms with Crippen LogP contribution in [0.4, 0.5) is 0 Å². The molecule has 0 bridgehead atoms. The smallest absolute Gasteiger partial charge is 0.0784 e. The molecule has 60 valence electrons.